The molecule has 0 aliphatic carbocycles. The lowest BCUT2D eigenvalue weighted by atomic mass is 10.2. The maximum atomic E-state index is 8.55. The van der Waals surface area contributed by atoms with Crippen LogP contribution >= 0.6 is 0 Å². The number of imidazole rings is 1. The summed E-state index contributed by atoms with van der Waals surface area (Å²) in [5.74, 6) is 6.35. The van der Waals surface area contributed by atoms with Crippen molar-refractivity contribution in [3.05, 3.63) is 29.6 Å². The van der Waals surface area contributed by atoms with Crippen LogP contribution in [0.4, 0.5) is 0 Å². The summed E-state index contributed by atoms with van der Waals surface area (Å²) in [6.07, 6.45) is 0. The van der Waals surface area contributed by atoms with Gasteiger partial charge in [0.1, 0.15) is 12.4 Å². The van der Waals surface area contributed by atoms with Gasteiger partial charge in [0.2, 0.25) is 0 Å². The molecule has 2 rings (SSSR count). The Morgan fingerprint density at radius 1 is 1.38 bits per heavy atom. The maximum absolute atomic E-state index is 8.55. The largest absolute Gasteiger partial charge is 0.384 e. The summed E-state index contributed by atoms with van der Waals surface area (Å²) in [6.45, 7) is 5.80. The van der Waals surface area contributed by atoms with Gasteiger partial charge in [-0.2, -0.15) is 0 Å². The van der Waals surface area contributed by atoms with Gasteiger partial charge >= 0.3 is 0 Å². The molecule has 2 aromatic rings. The van der Waals surface area contributed by atoms with Crippen molar-refractivity contribution < 1.29 is 5.11 Å². The number of aliphatic hydroxyl groups is 1. The minimum Gasteiger partial charge on any atom is -0.384 e. The number of aromatic nitrogens is 2. The van der Waals surface area contributed by atoms with Gasteiger partial charge in [-0.05, 0) is 25.1 Å². The second-order valence-corrected chi connectivity index (χ2v) is 3.01. The Bertz CT molecular complexity index is 517. The van der Waals surface area contributed by atoms with Gasteiger partial charge in [-0.25, -0.2) is 4.98 Å². The summed E-state index contributed by atoms with van der Waals surface area (Å²) in [5.41, 5.74) is 2.81. The Hall–Kier alpha value is -1.79. The highest BCUT2D eigenvalue weighted by Gasteiger charge is 1.98. The van der Waals surface area contributed by atoms with E-state index in [1.54, 1.807) is 0 Å². The number of nitrogens with one attached hydrogen (secondary N) is 1. The average molecular weight is 216 g/mol. The van der Waals surface area contributed by atoms with Crippen molar-refractivity contribution >= 4 is 11.0 Å². The predicted octanol–water partition coefficient (Wildman–Crippen LogP) is 2.24. The van der Waals surface area contributed by atoms with E-state index in [2.05, 4.69) is 21.8 Å². The maximum Gasteiger partial charge on any atom is 0.104 e. The van der Waals surface area contributed by atoms with E-state index in [-0.39, 0.29) is 6.61 Å². The normalized spacial score (nSPS) is 9.00. The molecule has 0 radical (unpaired) electrons. The third-order valence-corrected chi connectivity index (χ3v) is 1.91. The van der Waals surface area contributed by atoms with Gasteiger partial charge in [0.05, 0.1) is 11.0 Å². The number of benzene rings is 1. The van der Waals surface area contributed by atoms with Crippen molar-refractivity contribution in [2.24, 2.45) is 0 Å². The van der Waals surface area contributed by atoms with E-state index in [0.717, 1.165) is 22.4 Å². The molecule has 0 unspecified atom stereocenters. The Morgan fingerprint density at radius 2 is 2.12 bits per heavy atom. The van der Waals surface area contributed by atoms with E-state index in [9.17, 15) is 0 Å². The molecular weight excluding hydrogens is 200 g/mol. The van der Waals surface area contributed by atoms with Crippen LogP contribution < -0.4 is 0 Å². The smallest absolute Gasteiger partial charge is 0.104 e. The van der Waals surface area contributed by atoms with Crippen LogP contribution in [0.25, 0.3) is 11.0 Å². The second kappa shape index (κ2) is 5.94. The van der Waals surface area contributed by atoms with Crippen LogP contribution in [-0.4, -0.2) is 21.7 Å². The molecule has 0 bridgehead atoms. The number of nitrogens with zero attached hydrogens (tertiary/aromatic N) is 1. The van der Waals surface area contributed by atoms with Crippen LogP contribution in [0, 0.1) is 18.8 Å². The first-order chi connectivity index (χ1) is 7.79. The molecule has 3 nitrogen and oxygen atoms in total. The number of aryl methyl sites for hydroxylation is 1. The molecule has 0 saturated heterocycles. The number of aromatic amines is 1. The van der Waals surface area contributed by atoms with Gasteiger partial charge in [-0.15, -0.1) is 0 Å². The molecule has 0 aliphatic rings. The van der Waals surface area contributed by atoms with Gasteiger partial charge in [-0.3, -0.25) is 0 Å². The molecule has 2 N–H and O–H groups in total. The lowest BCUT2D eigenvalue weighted by Gasteiger charge is -1.89. The fraction of sp³-hybridized carbons (Fsp3) is 0.308. The second-order valence-electron chi connectivity index (χ2n) is 3.01. The Labute approximate surface area is 95.5 Å². The van der Waals surface area contributed by atoms with E-state index >= 15 is 0 Å². The van der Waals surface area contributed by atoms with Crippen molar-refractivity contribution in [2.75, 3.05) is 6.61 Å². The number of aliphatic hydroxyl groups excluding tert-OH is 1. The van der Waals surface area contributed by atoms with Crippen LogP contribution in [0.5, 0.6) is 0 Å². The van der Waals surface area contributed by atoms with Crippen molar-refractivity contribution in [3.63, 3.8) is 0 Å². The summed E-state index contributed by atoms with van der Waals surface area (Å²) < 4.78 is 0. The zero-order valence-corrected chi connectivity index (χ0v) is 9.83. The molecule has 3 heteroatoms. The molecule has 0 fully saturated rings. The third-order valence-electron chi connectivity index (χ3n) is 1.91. The number of hydrogen-bond donors (Lipinski definition) is 2. The molecular formula is C13H16N2O. The first kappa shape index (κ1) is 12.3. The molecule has 0 amide bonds. The van der Waals surface area contributed by atoms with Crippen LogP contribution in [0.2, 0.25) is 0 Å². The fourth-order valence-electron chi connectivity index (χ4n) is 1.36. The SMILES string of the molecule is CC.Cc1nc2ccc(C#CCO)cc2[nH]1. The molecule has 1 aromatic heterocycles. The summed E-state index contributed by atoms with van der Waals surface area (Å²) >= 11 is 0. The molecule has 0 spiro atoms. The molecule has 0 aliphatic heterocycles. The van der Waals surface area contributed by atoms with Crippen molar-refractivity contribution in [2.45, 2.75) is 20.8 Å². The van der Waals surface area contributed by atoms with E-state index in [4.69, 9.17) is 5.11 Å². The molecule has 84 valence electrons. The third kappa shape index (κ3) is 2.85. The van der Waals surface area contributed by atoms with Crippen molar-refractivity contribution in [1.29, 1.82) is 0 Å². The van der Waals surface area contributed by atoms with Gasteiger partial charge in [0, 0.05) is 5.56 Å². The minimum absolute atomic E-state index is 0.111. The Morgan fingerprint density at radius 3 is 2.81 bits per heavy atom. The zero-order valence-electron chi connectivity index (χ0n) is 9.83. The highest BCUT2D eigenvalue weighted by molar-refractivity contribution is 5.76. The summed E-state index contributed by atoms with van der Waals surface area (Å²) in [7, 11) is 0. The lowest BCUT2D eigenvalue weighted by molar-refractivity contribution is 0.350. The number of H-pyrrole nitrogens is 1. The molecule has 1 heterocycles. The monoisotopic (exact) mass is 216 g/mol. The highest BCUT2D eigenvalue weighted by Crippen LogP contribution is 2.12. The summed E-state index contributed by atoms with van der Waals surface area (Å²) in [5, 5.41) is 8.55. The van der Waals surface area contributed by atoms with Crippen LogP contribution in [-0.2, 0) is 0 Å². The summed E-state index contributed by atoms with van der Waals surface area (Å²) in [6, 6.07) is 5.74. The number of fused-ring (bicyclic) bond motifs is 1. The van der Waals surface area contributed by atoms with Gasteiger partial charge < -0.3 is 10.1 Å². The Kier molecular flexibility index (Phi) is 4.56. The van der Waals surface area contributed by atoms with E-state index < -0.39 is 0 Å². The van der Waals surface area contributed by atoms with E-state index in [1.165, 1.54) is 0 Å². The summed E-state index contributed by atoms with van der Waals surface area (Å²) in [4.78, 5) is 7.42. The van der Waals surface area contributed by atoms with Gasteiger partial charge in [0.15, 0.2) is 0 Å². The molecule has 16 heavy (non-hydrogen) atoms. The average Bonchev–Trinajstić information content (AvgIpc) is 2.68. The lowest BCUT2D eigenvalue weighted by Crippen LogP contribution is -1.77. The van der Waals surface area contributed by atoms with E-state index in [0.29, 0.717) is 0 Å². The predicted molar refractivity (Wildman–Crippen MR) is 66.1 cm³/mol. The standard InChI is InChI=1S/C11H10N2O.C2H6/c1-8-12-10-5-4-9(3-2-6-14)7-11(10)13-8;1-2/h4-5,7,14H,6H2,1H3,(H,12,13);1-2H3. The quantitative estimate of drug-likeness (QED) is 0.663. The molecule has 0 saturated carbocycles. The van der Waals surface area contributed by atoms with Gasteiger partial charge in [-0.1, -0.05) is 25.7 Å². The van der Waals surface area contributed by atoms with Crippen LogP contribution in [0.1, 0.15) is 25.2 Å². The Balaban J connectivity index is 0.000000606. The first-order valence-corrected chi connectivity index (χ1v) is 5.36. The first-order valence-electron chi connectivity index (χ1n) is 5.36. The van der Waals surface area contributed by atoms with Crippen molar-refractivity contribution in [1.82, 2.24) is 9.97 Å². The number of hydrogen-bond acceptors (Lipinski definition) is 2. The van der Waals surface area contributed by atoms with Crippen molar-refractivity contribution in [3.8, 4) is 11.8 Å². The van der Waals surface area contributed by atoms with Gasteiger partial charge in [0.25, 0.3) is 0 Å². The molecule has 0 atom stereocenters. The minimum atomic E-state index is -0.111. The zero-order chi connectivity index (χ0) is 12.0. The number of rotatable bonds is 0. The molecule has 1 aromatic carbocycles. The van der Waals surface area contributed by atoms with E-state index in [1.807, 2.05) is 39.0 Å². The highest BCUT2D eigenvalue weighted by atomic mass is 16.2. The fourth-order valence-corrected chi connectivity index (χ4v) is 1.36. The van der Waals surface area contributed by atoms with Crippen LogP contribution in [0.15, 0.2) is 18.2 Å². The van der Waals surface area contributed by atoms with Crippen LogP contribution in [0.3, 0.4) is 0 Å². The topological polar surface area (TPSA) is 48.9 Å².